The van der Waals surface area contributed by atoms with E-state index < -0.39 is 0 Å². The number of aliphatic imine (C=N–C) groups is 1. The van der Waals surface area contributed by atoms with Gasteiger partial charge in [-0.15, -0.1) is 0 Å². The molecule has 2 N–H and O–H groups in total. The topological polar surface area (TPSA) is 38.4 Å². The molecule has 0 fully saturated rings. The molecule has 0 heterocycles. The molecule has 58 valence electrons. The molecule has 0 radical (unpaired) electrons. The van der Waals surface area contributed by atoms with Gasteiger partial charge in [0, 0.05) is 6.20 Å². The van der Waals surface area contributed by atoms with Crippen molar-refractivity contribution in [3.63, 3.8) is 0 Å². The molecular formula is C8H16N2. The van der Waals surface area contributed by atoms with Crippen molar-refractivity contribution in [1.82, 2.24) is 0 Å². The van der Waals surface area contributed by atoms with Gasteiger partial charge >= 0.3 is 0 Å². The minimum atomic E-state index is 1.01. The molecule has 10 heavy (non-hydrogen) atoms. The van der Waals surface area contributed by atoms with Gasteiger partial charge in [-0.05, 0) is 12.5 Å². The lowest BCUT2D eigenvalue weighted by Crippen LogP contribution is -1.85. The second kappa shape index (κ2) is 10.8. The van der Waals surface area contributed by atoms with Crippen LogP contribution in [0.4, 0.5) is 0 Å². The zero-order chi connectivity index (χ0) is 8.41. The van der Waals surface area contributed by atoms with Crippen LogP contribution in [-0.4, -0.2) is 6.34 Å². The predicted octanol–water partition coefficient (Wildman–Crippen LogP) is 2.09. The fraction of sp³-hybridized carbons (Fsp3) is 0.375. The molecule has 0 spiro atoms. The van der Waals surface area contributed by atoms with E-state index in [4.69, 9.17) is 5.73 Å². The molecule has 0 rings (SSSR count). The monoisotopic (exact) mass is 140 g/mol. The van der Waals surface area contributed by atoms with Crippen LogP contribution in [0, 0.1) is 0 Å². The maximum atomic E-state index is 4.96. The minimum Gasteiger partial charge on any atom is -0.390 e. The molecule has 2 nitrogen and oxygen atoms in total. The third-order valence-electron chi connectivity index (χ3n) is 0.686. The van der Waals surface area contributed by atoms with Gasteiger partial charge in [-0.25, -0.2) is 4.99 Å². The number of hydrogen-bond acceptors (Lipinski definition) is 1. The Bertz CT molecular complexity index is 123. The number of nitrogens with two attached hydrogens (primary N) is 1. The molecule has 0 aromatic rings. The van der Waals surface area contributed by atoms with E-state index in [1.807, 2.05) is 20.8 Å². The van der Waals surface area contributed by atoms with E-state index in [1.165, 1.54) is 6.34 Å². The molecule has 0 saturated carbocycles. The summed E-state index contributed by atoms with van der Waals surface area (Å²) < 4.78 is 0. The quantitative estimate of drug-likeness (QED) is 0.356. The highest BCUT2D eigenvalue weighted by atomic mass is 14.8. The Morgan fingerprint density at radius 2 is 2.00 bits per heavy atom. The van der Waals surface area contributed by atoms with Crippen LogP contribution in [0.25, 0.3) is 0 Å². The van der Waals surface area contributed by atoms with Crippen LogP contribution < -0.4 is 5.73 Å². The fourth-order valence-electron chi connectivity index (χ4n) is 0.213. The van der Waals surface area contributed by atoms with Crippen molar-refractivity contribution in [2.75, 3.05) is 0 Å². The second-order valence-corrected chi connectivity index (χ2v) is 1.38. The lowest BCUT2D eigenvalue weighted by Gasteiger charge is -1.81. The van der Waals surface area contributed by atoms with Gasteiger partial charge in [-0.3, -0.25) is 0 Å². The first-order valence-electron chi connectivity index (χ1n) is 3.34. The Balaban J connectivity index is 0. The van der Waals surface area contributed by atoms with Gasteiger partial charge in [-0.2, -0.15) is 0 Å². The zero-order valence-corrected chi connectivity index (χ0v) is 6.96. The molecule has 0 amide bonds. The van der Waals surface area contributed by atoms with E-state index in [-0.39, 0.29) is 0 Å². The number of rotatable bonds is 2. The van der Waals surface area contributed by atoms with Crippen LogP contribution in [0.5, 0.6) is 0 Å². The normalized spacial score (nSPS) is 10.5. The molecule has 0 aliphatic carbocycles. The number of allylic oxidation sites excluding steroid dienone is 2. The predicted molar refractivity (Wildman–Crippen MR) is 48.0 cm³/mol. The van der Waals surface area contributed by atoms with Crippen molar-refractivity contribution in [1.29, 1.82) is 0 Å². The summed E-state index contributed by atoms with van der Waals surface area (Å²) in [7, 11) is 0. The van der Waals surface area contributed by atoms with Crippen LogP contribution in [0.1, 0.15) is 20.8 Å². The van der Waals surface area contributed by atoms with Gasteiger partial charge in [0.15, 0.2) is 0 Å². The van der Waals surface area contributed by atoms with Gasteiger partial charge < -0.3 is 5.73 Å². The fourth-order valence-corrected chi connectivity index (χ4v) is 0.213. The van der Waals surface area contributed by atoms with Crippen LogP contribution in [-0.2, 0) is 0 Å². The summed E-state index contributed by atoms with van der Waals surface area (Å²) in [5.74, 6) is 0. The van der Waals surface area contributed by atoms with E-state index >= 15 is 0 Å². The van der Waals surface area contributed by atoms with Crippen molar-refractivity contribution in [2.45, 2.75) is 20.8 Å². The highest BCUT2D eigenvalue weighted by Gasteiger charge is 1.71. The maximum absolute atomic E-state index is 4.96. The zero-order valence-electron chi connectivity index (χ0n) is 6.96. The summed E-state index contributed by atoms with van der Waals surface area (Å²) in [6, 6.07) is 0. The SMILES string of the molecule is C=C/C(C)=C\N=CN.CC. The van der Waals surface area contributed by atoms with Gasteiger partial charge in [0.1, 0.15) is 0 Å². The van der Waals surface area contributed by atoms with E-state index in [0.29, 0.717) is 0 Å². The van der Waals surface area contributed by atoms with E-state index in [2.05, 4.69) is 11.6 Å². The molecule has 2 heteroatoms. The lowest BCUT2D eigenvalue weighted by molar-refractivity contribution is 1.43. The van der Waals surface area contributed by atoms with Crippen molar-refractivity contribution in [2.24, 2.45) is 10.7 Å². The van der Waals surface area contributed by atoms with Crippen LogP contribution in [0.15, 0.2) is 29.4 Å². The average Bonchev–Trinajstić information content (AvgIpc) is 2.04. The largest absolute Gasteiger partial charge is 0.390 e. The number of hydrogen-bond donors (Lipinski definition) is 1. The Morgan fingerprint density at radius 3 is 2.30 bits per heavy atom. The second-order valence-electron chi connectivity index (χ2n) is 1.38. The average molecular weight is 140 g/mol. The van der Waals surface area contributed by atoms with E-state index in [1.54, 1.807) is 12.3 Å². The van der Waals surface area contributed by atoms with Gasteiger partial charge in [0.25, 0.3) is 0 Å². The Kier molecular flexibility index (Phi) is 12.7. The number of nitrogens with zero attached hydrogens (tertiary/aromatic N) is 1. The molecule has 0 aromatic heterocycles. The molecule has 0 aliphatic heterocycles. The summed E-state index contributed by atoms with van der Waals surface area (Å²) >= 11 is 0. The Morgan fingerprint density at radius 1 is 1.50 bits per heavy atom. The third kappa shape index (κ3) is 10.0. The van der Waals surface area contributed by atoms with Crippen molar-refractivity contribution < 1.29 is 0 Å². The summed E-state index contributed by atoms with van der Waals surface area (Å²) in [6.45, 7) is 9.43. The Labute approximate surface area is 63.2 Å². The van der Waals surface area contributed by atoms with Crippen LogP contribution >= 0.6 is 0 Å². The van der Waals surface area contributed by atoms with Crippen LogP contribution in [0.3, 0.4) is 0 Å². The summed E-state index contributed by atoms with van der Waals surface area (Å²) in [5.41, 5.74) is 5.97. The highest BCUT2D eigenvalue weighted by Crippen LogP contribution is 1.90. The molecule has 0 unspecified atom stereocenters. The van der Waals surface area contributed by atoms with Crippen molar-refractivity contribution in [3.05, 3.63) is 24.4 Å². The molecular weight excluding hydrogens is 124 g/mol. The summed E-state index contributed by atoms with van der Waals surface area (Å²) in [4.78, 5) is 3.66. The minimum absolute atomic E-state index is 1.01. The summed E-state index contributed by atoms with van der Waals surface area (Å²) in [6.07, 6.45) is 4.60. The van der Waals surface area contributed by atoms with Gasteiger partial charge in [0.2, 0.25) is 0 Å². The summed E-state index contributed by atoms with van der Waals surface area (Å²) in [5, 5.41) is 0. The third-order valence-corrected chi connectivity index (χ3v) is 0.686. The Hall–Kier alpha value is -1.05. The molecule has 0 atom stereocenters. The standard InChI is InChI=1S/C6H10N2.C2H6/c1-3-6(2)4-8-5-7;1-2/h3-5H,1H2,2H3,(H2,7,8);1-2H3/b6-4-;. The molecule has 0 aliphatic rings. The van der Waals surface area contributed by atoms with Crippen molar-refractivity contribution >= 4 is 6.34 Å². The first-order valence-corrected chi connectivity index (χ1v) is 3.34. The molecule has 0 bridgehead atoms. The van der Waals surface area contributed by atoms with Gasteiger partial charge in [0.05, 0.1) is 6.34 Å². The highest BCUT2D eigenvalue weighted by molar-refractivity contribution is 5.52. The maximum Gasteiger partial charge on any atom is 0.0852 e. The van der Waals surface area contributed by atoms with Gasteiger partial charge in [-0.1, -0.05) is 26.5 Å². The van der Waals surface area contributed by atoms with E-state index in [9.17, 15) is 0 Å². The van der Waals surface area contributed by atoms with Crippen LogP contribution in [0.2, 0.25) is 0 Å². The molecule has 0 aromatic carbocycles. The van der Waals surface area contributed by atoms with Crippen molar-refractivity contribution in [3.8, 4) is 0 Å². The first-order chi connectivity index (χ1) is 4.81. The first kappa shape index (κ1) is 11.7. The lowest BCUT2D eigenvalue weighted by atomic mass is 10.3. The molecule has 0 saturated heterocycles. The van der Waals surface area contributed by atoms with E-state index in [0.717, 1.165) is 5.57 Å². The smallest absolute Gasteiger partial charge is 0.0852 e.